The summed E-state index contributed by atoms with van der Waals surface area (Å²) in [5.74, 6) is 0.0541. The molecule has 0 spiro atoms. The fourth-order valence-electron chi connectivity index (χ4n) is 1.41. The average molecular weight is 318 g/mol. The quantitative estimate of drug-likeness (QED) is 0.192. The monoisotopic (exact) mass is 318 g/mol. The van der Waals surface area contributed by atoms with Crippen molar-refractivity contribution >= 4 is 5.78 Å². The summed E-state index contributed by atoms with van der Waals surface area (Å²) in [6, 6.07) is -0.262. The van der Waals surface area contributed by atoms with Gasteiger partial charge in [-0.15, -0.1) is 0 Å². The molecule has 0 bridgehead atoms. The van der Waals surface area contributed by atoms with E-state index in [0.29, 0.717) is 59.4 Å². The second-order valence-electron chi connectivity index (χ2n) is 4.32. The fraction of sp³-hybridized carbons (Fsp3) is 0.923. The van der Waals surface area contributed by atoms with Gasteiger partial charge in [-0.2, -0.15) is 0 Å². The van der Waals surface area contributed by atoms with Crippen molar-refractivity contribution in [1.82, 2.24) is 5.32 Å². The molecule has 0 saturated carbocycles. The van der Waals surface area contributed by atoms with Crippen LogP contribution in [0.2, 0.25) is 0 Å². The van der Waals surface area contributed by atoms with Crippen molar-refractivity contribution in [1.29, 1.82) is 0 Å². The summed E-state index contributed by atoms with van der Waals surface area (Å²) < 4.78 is 21.1. The van der Waals surface area contributed by atoms with Crippen LogP contribution in [0.3, 0.4) is 0 Å². The number of nitrogens with one attached hydrogen (secondary N) is 1. The minimum absolute atomic E-state index is 0.0541. The molecule has 0 heterocycles. The summed E-state index contributed by atoms with van der Waals surface area (Å²) in [4.78, 5) is 13.7. The highest BCUT2D eigenvalue weighted by atomic mass is 16.6. The molecule has 0 rings (SSSR count). The van der Waals surface area contributed by atoms with Gasteiger partial charge in [0.15, 0.2) is 0 Å². The molecular formula is C13H26N4O5. The number of nitrogens with zero attached hydrogens (tertiary/aromatic N) is 3. The Bertz CT molecular complexity index is 324. The van der Waals surface area contributed by atoms with Crippen LogP contribution in [0.25, 0.3) is 10.4 Å². The maximum absolute atomic E-state index is 11.1. The molecule has 22 heavy (non-hydrogen) atoms. The molecule has 1 atom stereocenters. The van der Waals surface area contributed by atoms with E-state index in [0.717, 1.165) is 0 Å². The van der Waals surface area contributed by atoms with Crippen LogP contribution in [0.15, 0.2) is 5.11 Å². The molecule has 0 aliphatic carbocycles. The first-order valence-electron chi connectivity index (χ1n) is 7.22. The van der Waals surface area contributed by atoms with Crippen molar-refractivity contribution in [3.05, 3.63) is 10.4 Å². The lowest BCUT2D eigenvalue weighted by molar-refractivity contribution is -0.120. The molecule has 0 aliphatic heterocycles. The largest absolute Gasteiger partial charge is 0.379 e. The number of rotatable bonds is 16. The average Bonchev–Trinajstić information content (AvgIpc) is 2.51. The summed E-state index contributed by atoms with van der Waals surface area (Å²) in [6.45, 7) is 5.38. The summed E-state index contributed by atoms with van der Waals surface area (Å²) >= 11 is 0. The molecule has 0 aromatic carbocycles. The lowest BCUT2D eigenvalue weighted by Gasteiger charge is -2.13. The van der Waals surface area contributed by atoms with Gasteiger partial charge in [0.1, 0.15) is 5.78 Å². The minimum atomic E-state index is -0.262. The van der Waals surface area contributed by atoms with E-state index in [2.05, 4.69) is 15.3 Å². The zero-order valence-electron chi connectivity index (χ0n) is 13.3. The third-order valence-corrected chi connectivity index (χ3v) is 2.64. The van der Waals surface area contributed by atoms with Gasteiger partial charge in [-0.1, -0.05) is 5.11 Å². The Morgan fingerprint density at radius 2 is 1.55 bits per heavy atom. The Morgan fingerprint density at radius 1 is 1.05 bits per heavy atom. The summed E-state index contributed by atoms with van der Waals surface area (Å²) in [6.07, 6.45) is 0. The highest BCUT2D eigenvalue weighted by molar-refractivity contribution is 5.81. The van der Waals surface area contributed by atoms with Crippen molar-refractivity contribution in [2.45, 2.75) is 13.0 Å². The number of azide groups is 1. The molecule has 1 unspecified atom stereocenters. The van der Waals surface area contributed by atoms with Gasteiger partial charge in [0.05, 0.1) is 58.9 Å². The first-order chi connectivity index (χ1) is 10.7. The van der Waals surface area contributed by atoms with Gasteiger partial charge in [0, 0.05) is 11.5 Å². The van der Waals surface area contributed by atoms with Crippen molar-refractivity contribution in [3.8, 4) is 0 Å². The van der Waals surface area contributed by atoms with Crippen LogP contribution in [-0.2, 0) is 23.7 Å². The molecule has 0 aromatic rings. The van der Waals surface area contributed by atoms with E-state index in [1.54, 1.807) is 7.05 Å². The summed E-state index contributed by atoms with van der Waals surface area (Å²) in [5.41, 5.74) is 8.04. The third kappa shape index (κ3) is 13.7. The van der Waals surface area contributed by atoms with Crippen molar-refractivity contribution in [3.63, 3.8) is 0 Å². The molecule has 128 valence electrons. The minimum Gasteiger partial charge on any atom is -0.379 e. The van der Waals surface area contributed by atoms with Gasteiger partial charge in [-0.25, -0.2) is 0 Å². The van der Waals surface area contributed by atoms with Crippen LogP contribution in [0.5, 0.6) is 0 Å². The van der Waals surface area contributed by atoms with Gasteiger partial charge in [-0.05, 0) is 19.5 Å². The Balaban J connectivity index is 3.17. The molecule has 1 N–H and O–H groups in total. The van der Waals surface area contributed by atoms with Crippen LogP contribution < -0.4 is 5.32 Å². The Morgan fingerprint density at radius 3 is 2.00 bits per heavy atom. The predicted octanol–water partition coefficient (Wildman–Crippen LogP) is 0.540. The van der Waals surface area contributed by atoms with Crippen molar-refractivity contribution in [2.24, 2.45) is 5.11 Å². The smallest absolute Gasteiger partial charge is 0.149 e. The molecule has 0 radical (unpaired) electrons. The molecule has 0 amide bonds. The molecule has 9 nitrogen and oxygen atoms in total. The number of hydrogen-bond acceptors (Lipinski definition) is 7. The predicted molar refractivity (Wildman–Crippen MR) is 80.8 cm³/mol. The Hall–Kier alpha value is -1.22. The standard InChI is InChI=1S/C13H26N4O5/c1-12(18)13(15-2)11-22-10-9-21-8-7-20-6-5-19-4-3-16-17-14/h13,15H,3-11H2,1-2H3. The number of ketones is 1. The van der Waals surface area contributed by atoms with E-state index in [1.807, 2.05) is 0 Å². The summed E-state index contributed by atoms with van der Waals surface area (Å²) in [5, 5.41) is 6.22. The van der Waals surface area contributed by atoms with Gasteiger partial charge in [-0.3, -0.25) is 4.79 Å². The molecule has 9 heteroatoms. The zero-order chi connectivity index (χ0) is 16.5. The van der Waals surface area contributed by atoms with E-state index in [4.69, 9.17) is 24.5 Å². The highest BCUT2D eigenvalue weighted by Gasteiger charge is 2.10. The maximum atomic E-state index is 11.1. The van der Waals surface area contributed by atoms with Gasteiger partial charge < -0.3 is 24.3 Å². The van der Waals surface area contributed by atoms with Crippen LogP contribution in [-0.4, -0.2) is 78.3 Å². The first-order valence-corrected chi connectivity index (χ1v) is 7.22. The van der Waals surface area contributed by atoms with E-state index in [-0.39, 0.29) is 11.8 Å². The maximum Gasteiger partial charge on any atom is 0.149 e. The number of hydrogen-bond donors (Lipinski definition) is 1. The number of likely N-dealkylation sites (N-methyl/N-ethyl adjacent to an activating group) is 1. The molecular weight excluding hydrogens is 292 g/mol. The van der Waals surface area contributed by atoms with Crippen LogP contribution in [0.1, 0.15) is 6.92 Å². The van der Waals surface area contributed by atoms with Crippen LogP contribution >= 0.6 is 0 Å². The zero-order valence-corrected chi connectivity index (χ0v) is 13.3. The van der Waals surface area contributed by atoms with E-state index in [9.17, 15) is 4.79 Å². The van der Waals surface area contributed by atoms with E-state index in [1.165, 1.54) is 6.92 Å². The number of Topliss-reactive ketones (excluding diaryl/α,β-unsaturated/α-hetero) is 1. The SMILES string of the molecule is CNC(COCCOCCOCCOCCN=[N+]=[N-])C(C)=O. The third-order valence-electron chi connectivity index (χ3n) is 2.64. The lowest BCUT2D eigenvalue weighted by atomic mass is 10.2. The number of ether oxygens (including phenoxy) is 4. The normalized spacial score (nSPS) is 11.9. The lowest BCUT2D eigenvalue weighted by Crippen LogP contribution is -2.37. The Labute approximate surface area is 130 Å². The van der Waals surface area contributed by atoms with E-state index >= 15 is 0 Å². The number of carbonyl (C=O) groups is 1. The number of carbonyl (C=O) groups excluding carboxylic acids is 1. The van der Waals surface area contributed by atoms with Crippen LogP contribution in [0.4, 0.5) is 0 Å². The Kier molecular flexibility index (Phi) is 15.3. The van der Waals surface area contributed by atoms with Gasteiger partial charge in [0.25, 0.3) is 0 Å². The fourth-order valence-corrected chi connectivity index (χ4v) is 1.41. The van der Waals surface area contributed by atoms with Gasteiger partial charge in [0.2, 0.25) is 0 Å². The molecule has 0 aliphatic rings. The van der Waals surface area contributed by atoms with Crippen molar-refractivity contribution in [2.75, 3.05) is 66.4 Å². The first kappa shape index (κ1) is 20.8. The van der Waals surface area contributed by atoms with Crippen LogP contribution in [0, 0.1) is 0 Å². The van der Waals surface area contributed by atoms with Gasteiger partial charge >= 0.3 is 0 Å². The second-order valence-corrected chi connectivity index (χ2v) is 4.32. The molecule has 0 fully saturated rings. The topological polar surface area (TPSA) is 115 Å². The van der Waals surface area contributed by atoms with Crippen molar-refractivity contribution < 1.29 is 23.7 Å². The molecule has 0 aromatic heterocycles. The second kappa shape index (κ2) is 16.2. The summed E-state index contributed by atoms with van der Waals surface area (Å²) in [7, 11) is 1.73. The highest BCUT2D eigenvalue weighted by Crippen LogP contribution is 1.88. The van der Waals surface area contributed by atoms with E-state index < -0.39 is 0 Å². The molecule has 0 saturated heterocycles.